The average Bonchev–Trinajstić information content (AvgIpc) is 2.89. The van der Waals surface area contributed by atoms with Crippen LogP contribution in [0.5, 0.6) is 11.5 Å². The third-order valence-corrected chi connectivity index (χ3v) is 6.32. The average molecular weight is 531 g/mol. The van der Waals surface area contributed by atoms with Crippen LogP contribution < -0.4 is 14.8 Å². The Morgan fingerprint density at radius 3 is 2.51 bits per heavy atom. The van der Waals surface area contributed by atoms with Gasteiger partial charge in [-0.2, -0.15) is 5.26 Å². The lowest BCUT2D eigenvalue weighted by Crippen LogP contribution is -2.14. The summed E-state index contributed by atoms with van der Waals surface area (Å²) in [6, 6.07) is 24.7. The Kier molecular flexibility index (Phi) is 8.35. The summed E-state index contributed by atoms with van der Waals surface area (Å²) < 4.78 is 11.9. The molecule has 0 bridgehead atoms. The summed E-state index contributed by atoms with van der Waals surface area (Å²) >= 11 is 12.8. The molecule has 5 nitrogen and oxygen atoms in total. The molecule has 186 valence electrons. The van der Waals surface area contributed by atoms with Crippen LogP contribution in [0.15, 0.2) is 78.4 Å². The van der Waals surface area contributed by atoms with Crippen molar-refractivity contribution in [2.75, 3.05) is 11.9 Å². The summed E-state index contributed by atoms with van der Waals surface area (Å²) in [5, 5.41) is 15.3. The van der Waals surface area contributed by atoms with Gasteiger partial charge < -0.3 is 14.8 Å². The highest BCUT2D eigenvalue weighted by Crippen LogP contribution is 2.38. The van der Waals surface area contributed by atoms with Crippen molar-refractivity contribution in [3.8, 4) is 17.6 Å². The monoisotopic (exact) mass is 530 g/mol. The van der Waals surface area contributed by atoms with E-state index >= 15 is 0 Å². The second-order valence-corrected chi connectivity index (χ2v) is 9.06. The van der Waals surface area contributed by atoms with E-state index in [4.69, 9.17) is 32.7 Å². The van der Waals surface area contributed by atoms with Gasteiger partial charge in [0.2, 0.25) is 0 Å². The van der Waals surface area contributed by atoms with Gasteiger partial charge in [-0.25, -0.2) is 0 Å². The van der Waals surface area contributed by atoms with Gasteiger partial charge in [-0.1, -0.05) is 77.8 Å². The van der Waals surface area contributed by atoms with Crippen LogP contribution in [0.25, 0.3) is 16.8 Å². The number of para-hydroxylation sites is 1. The fraction of sp³-hybridized carbons (Fsp3) is 0.133. The van der Waals surface area contributed by atoms with E-state index in [0.29, 0.717) is 46.0 Å². The smallest absolute Gasteiger partial charge is 0.266 e. The lowest BCUT2D eigenvalue weighted by molar-refractivity contribution is -0.112. The predicted molar refractivity (Wildman–Crippen MR) is 149 cm³/mol. The van der Waals surface area contributed by atoms with Crippen LogP contribution in [-0.4, -0.2) is 12.5 Å². The zero-order valence-corrected chi connectivity index (χ0v) is 21.9. The Morgan fingerprint density at radius 2 is 1.76 bits per heavy atom. The number of hydrogen-bond donors (Lipinski definition) is 1. The van der Waals surface area contributed by atoms with Crippen LogP contribution in [0.3, 0.4) is 0 Å². The van der Waals surface area contributed by atoms with Crippen LogP contribution in [0.4, 0.5) is 5.69 Å². The normalized spacial score (nSPS) is 11.2. The van der Waals surface area contributed by atoms with E-state index in [1.54, 1.807) is 24.3 Å². The number of benzene rings is 4. The first-order chi connectivity index (χ1) is 17.9. The Labute approximate surface area is 225 Å². The summed E-state index contributed by atoms with van der Waals surface area (Å²) in [5.41, 5.74) is 2.67. The third kappa shape index (κ3) is 6.06. The molecule has 4 aromatic carbocycles. The molecule has 0 atom stereocenters. The minimum absolute atomic E-state index is 0.109. The maximum Gasteiger partial charge on any atom is 0.266 e. The predicted octanol–water partition coefficient (Wildman–Crippen LogP) is 7.98. The highest BCUT2D eigenvalue weighted by Gasteiger charge is 2.16. The number of nitriles is 1. The maximum atomic E-state index is 12.8. The molecule has 0 aliphatic rings. The number of halogens is 2. The van der Waals surface area contributed by atoms with Gasteiger partial charge in [0.15, 0.2) is 11.5 Å². The van der Waals surface area contributed by atoms with Crippen LogP contribution in [-0.2, 0) is 11.4 Å². The van der Waals surface area contributed by atoms with Crippen molar-refractivity contribution in [2.24, 2.45) is 0 Å². The zero-order valence-electron chi connectivity index (χ0n) is 20.3. The SMILES string of the molecule is CCOc1cc(/C=C(\C#N)C(=O)Nc2c(C)cccc2Cl)cc(Cl)c1OCc1cccc2ccccc12. The van der Waals surface area contributed by atoms with Crippen molar-refractivity contribution in [3.63, 3.8) is 0 Å². The Balaban J connectivity index is 1.61. The number of aryl methyl sites for hydroxylation is 1. The summed E-state index contributed by atoms with van der Waals surface area (Å²) in [5.74, 6) is 0.230. The Morgan fingerprint density at radius 1 is 1.00 bits per heavy atom. The number of nitrogens with one attached hydrogen (secondary N) is 1. The molecule has 0 unspecified atom stereocenters. The lowest BCUT2D eigenvalue weighted by atomic mass is 10.1. The van der Waals surface area contributed by atoms with E-state index in [-0.39, 0.29) is 5.57 Å². The highest BCUT2D eigenvalue weighted by molar-refractivity contribution is 6.34. The number of carbonyl (C=O) groups is 1. The van der Waals surface area contributed by atoms with Gasteiger partial charge in [-0.15, -0.1) is 0 Å². The Bertz CT molecular complexity index is 1510. The van der Waals surface area contributed by atoms with Crippen LogP contribution in [0.1, 0.15) is 23.6 Å². The molecule has 1 amide bonds. The summed E-state index contributed by atoms with van der Waals surface area (Å²) in [6.45, 7) is 4.35. The largest absolute Gasteiger partial charge is 0.490 e. The number of fused-ring (bicyclic) bond motifs is 1. The number of rotatable bonds is 8. The minimum atomic E-state index is -0.580. The third-order valence-electron chi connectivity index (χ3n) is 5.72. The fourth-order valence-electron chi connectivity index (χ4n) is 3.93. The molecule has 0 aromatic heterocycles. The number of hydrogen-bond acceptors (Lipinski definition) is 4. The number of anilines is 1. The van der Waals surface area contributed by atoms with E-state index in [2.05, 4.69) is 17.4 Å². The van der Waals surface area contributed by atoms with Gasteiger partial charge >= 0.3 is 0 Å². The van der Waals surface area contributed by atoms with E-state index in [1.165, 1.54) is 6.08 Å². The van der Waals surface area contributed by atoms with Gasteiger partial charge in [0.1, 0.15) is 18.2 Å². The van der Waals surface area contributed by atoms with E-state index < -0.39 is 5.91 Å². The summed E-state index contributed by atoms with van der Waals surface area (Å²) in [6.07, 6.45) is 1.45. The first-order valence-electron chi connectivity index (χ1n) is 11.6. The molecule has 4 rings (SSSR count). The molecule has 0 aliphatic carbocycles. The molecule has 1 N–H and O–H groups in total. The molecule has 0 aliphatic heterocycles. The molecular weight excluding hydrogens is 507 g/mol. The molecule has 0 saturated heterocycles. The minimum Gasteiger partial charge on any atom is -0.490 e. The second kappa shape index (κ2) is 11.8. The zero-order chi connectivity index (χ0) is 26.4. The molecule has 0 heterocycles. The molecule has 7 heteroatoms. The van der Waals surface area contributed by atoms with Crippen molar-refractivity contribution in [1.29, 1.82) is 5.26 Å². The first-order valence-corrected chi connectivity index (χ1v) is 12.4. The quantitative estimate of drug-likeness (QED) is 0.185. The number of nitrogens with zero attached hydrogens (tertiary/aromatic N) is 1. The molecule has 0 saturated carbocycles. The van der Waals surface area contributed by atoms with E-state index in [9.17, 15) is 10.1 Å². The van der Waals surface area contributed by atoms with E-state index in [0.717, 1.165) is 21.9 Å². The second-order valence-electron chi connectivity index (χ2n) is 8.25. The number of ether oxygens (including phenoxy) is 2. The molecular formula is C30H24Cl2N2O3. The standard InChI is InChI=1S/C30H24Cl2N2O3/c1-3-36-27-16-20(14-23(17-33)30(35)34-28-19(2)8-6-13-25(28)31)15-26(32)29(27)37-18-22-11-7-10-21-9-4-5-12-24(21)22/h4-16H,3,18H2,1-2H3,(H,34,35)/b23-14+. The van der Waals surface area contributed by atoms with Gasteiger partial charge in [0.25, 0.3) is 5.91 Å². The topological polar surface area (TPSA) is 71.3 Å². The summed E-state index contributed by atoms with van der Waals surface area (Å²) in [4.78, 5) is 12.8. The van der Waals surface area contributed by atoms with Crippen LogP contribution in [0, 0.1) is 18.3 Å². The van der Waals surface area contributed by atoms with Crippen molar-refractivity contribution in [2.45, 2.75) is 20.5 Å². The lowest BCUT2D eigenvalue weighted by Gasteiger charge is -2.15. The van der Waals surface area contributed by atoms with E-state index in [1.807, 2.05) is 56.3 Å². The molecule has 0 fully saturated rings. The van der Waals surface area contributed by atoms with Gasteiger partial charge in [-0.05, 0) is 65.6 Å². The van der Waals surface area contributed by atoms with Gasteiger partial charge in [0, 0.05) is 0 Å². The highest BCUT2D eigenvalue weighted by atomic mass is 35.5. The van der Waals surface area contributed by atoms with Gasteiger partial charge in [-0.3, -0.25) is 4.79 Å². The molecule has 0 spiro atoms. The molecule has 0 radical (unpaired) electrons. The number of amides is 1. The molecule has 4 aromatic rings. The Hall–Kier alpha value is -3.98. The van der Waals surface area contributed by atoms with Crippen molar-refractivity contribution < 1.29 is 14.3 Å². The molecule has 37 heavy (non-hydrogen) atoms. The maximum absolute atomic E-state index is 12.8. The van der Waals surface area contributed by atoms with Gasteiger partial charge in [0.05, 0.1) is 22.3 Å². The van der Waals surface area contributed by atoms with Crippen molar-refractivity contribution in [3.05, 3.63) is 105 Å². The van der Waals surface area contributed by atoms with Crippen molar-refractivity contribution in [1.82, 2.24) is 0 Å². The van der Waals surface area contributed by atoms with Crippen LogP contribution >= 0.6 is 23.2 Å². The number of carbonyl (C=O) groups excluding carboxylic acids is 1. The summed E-state index contributed by atoms with van der Waals surface area (Å²) in [7, 11) is 0. The van der Waals surface area contributed by atoms with Crippen molar-refractivity contribution >= 4 is 51.6 Å². The first kappa shape index (κ1) is 26.1. The van der Waals surface area contributed by atoms with Crippen LogP contribution in [0.2, 0.25) is 10.0 Å². The fourth-order valence-corrected chi connectivity index (χ4v) is 4.47.